The Hall–Kier alpha value is -2.13. The van der Waals surface area contributed by atoms with Gasteiger partial charge in [0.15, 0.2) is 0 Å². The van der Waals surface area contributed by atoms with Crippen LogP contribution in [0.3, 0.4) is 0 Å². The number of benzene rings is 1. The Morgan fingerprint density at radius 2 is 2.00 bits per heavy atom. The molecule has 98 valence electrons. The van der Waals surface area contributed by atoms with Gasteiger partial charge >= 0.3 is 0 Å². The molecule has 0 unspecified atom stereocenters. The lowest BCUT2D eigenvalue weighted by atomic mass is 9.99. The summed E-state index contributed by atoms with van der Waals surface area (Å²) in [6.07, 6.45) is 3.65. The molecule has 1 aromatic carbocycles. The van der Waals surface area contributed by atoms with Crippen molar-refractivity contribution in [3.05, 3.63) is 78.0 Å². The van der Waals surface area contributed by atoms with Crippen molar-refractivity contribution in [3.63, 3.8) is 0 Å². The Balaban J connectivity index is 2.55. The summed E-state index contributed by atoms with van der Waals surface area (Å²) in [5.74, 6) is 0. The molecule has 1 aliphatic rings. The highest BCUT2D eigenvalue weighted by molar-refractivity contribution is 5.74. The Morgan fingerprint density at radius 3 is 2.58 bits per heavy atom. The van der Waals surface area contributed by atoms with Gasteiger partial charge in [0.2, 0.25) is 6.86 Å². The summed E-state index contributed by atoms with van der Waals surface area (Å²) >= 11 is 0. The van der Waals surface area contributed by atoms with E-state index in [0.717, 1.165) is 22.4 Å². The van der Waals surface area contributed by atoms with Crippen molar-refractivity contribution in [1.29, 1.82) is 0 Å². The van der Waals surface area contributed by atoms with Crippen LogP contribution in [0.5, 0.6) is 0 Å². The van der Waals surface area contributed by atoms with Gasteiger partial charge in [-0.1, -0.05) is 49.6 Å². The second kappa shape index (κ2) is 5.67. The summed E-state index contributed by atoms with van der Waals surface area (Å²) in [6.45, 7) is 8.71. The SMILES string of the molecule is C=CC1=CC(C)=C(c2ccccc2)N(OCF)C1=C. The number of hydrogen-bond acceptors (Lipinski definition) is 2. The number of halogens is 1. The van der Waals surface area contributed by atoms with Gasteiger partial charge in [-0.3, -0.25) is 0 Å². The molecule has 0 aliphatic carbocycles. The first-order valence-corrected chi connectivity index (χ1v) is 5.97. The van der Waals surface area contributed by atoms with Crippen LogP contribution in [0, 0.1) is 0 Å². The van der Waals surface area contributed by atoms with Crippen LogP contribution in [0.4, 0.5) is 4.39 Å². The second-order valence-corrected chi connectivity index (χ2v) is 4.18. The number of nitrogens with zero attached hydrogens (tertiary/aromatic N) is 1. The van der Waals surface area contributed by atoms with E-state index in [-0.39, 0.29) is 0 Å². The minimum atomic E-state index is -0.910. The van der Waals surface area contributed by atoms with Crippen LogP contribution < -0.4 is 0 Å². The van der Waals surface area contributed by atoms with Crippen LogP contribution in [-0.4, -0.2) is 11.9 Å². The van der Waals surface area contributed by atoms with Crippen LogP contribution in [0.15, 0.2) is 72.5 Å². The topological polar surface area (TPSA) is 12.5 Å². The van der Waals surface area contributed by atoms with Gasteiger partial charge in [-0.2, -0.15) is 0 Å². The molecule has 1 aliphatic heterocycles. The van der Waals surface area contributed by atoms with Gasteiger partial charge in [0, 0.05) is 5.56 Å². The van der Waals surface area contributed by atoms with Gasteiger partial charge in [0.25, 0.3) is 0 Å². The zero-order valence-corrected chi connectivity index (χ0v) is 10.9. The monoisotopic (exact) mass is 257 g/mol. The largest absolute Gasteiger partial charge is 0.235 e. The Bertz CT molecular complexity index is 557. The van der Waals surface area contributed by atoms with Gasteiger partial charge in [-0.25, -0.2) is 14.3 Å². The zero-order valence-electron chi connectivity index (χ0n) is 10.9. The van der Waals surface area contributed by atoms with E-state index in [9.17, 15) is 4.39 Å². The molecule has 2 nitrogen and oxygen atoms in total. The summed E-state index contributed by atoms with van der Waals surface area (Å²) in [6, 6.07) is 9.70. The standard InChI is InChI=1S/C16H16FNO/c1-4-14-10-12(2)16(15-8-6-5-7-9-15)18(13(14)3)19-11-17/h4-10H,1,3,11H2,2H3. The molecular weight excluding hydrogens is 241 g/mol. The summed E-state index contributed by atoms with van der Waals surface area (Å²) in [5.41, 5.74) is 4.13. The minimum absolute atomic E-state index is 0.581. The third-order valence-corrected chi connectivity index (χ3v) is 2.97. The van der Waals surface area contributed by atoms with E-state index in [4.69, 9.17) is 4.84 Å². The van der Waals surface area contributed by atoms with Crippen molar-refractivity contribution < 1.29 is 9.23 Å². The van der Waals surface area contributed by atoms with Crippen molar-refractivity contribution in [3.8, 4) is 0 Å². The first-order chi connectivity index (χ1) is 9.19. The summed E-state index contributed by atoms with van der Waals surface area (Å²) in [4.78, 5) is 5.09. The Kier molecular flexibility index (Phi) is 3.97. The first-order valence-electron chi connectivity index (χ1n) is 5.97. The fraction of sp³-hybridized carbons (Fsp3) is 0.125. The van der Waals surface area contributed by atoms with Crippen molar-refractivity contribution in [1.82, 2.24) is 5.06 Å². The third-order valence-electron chi connectivity index (χ3n) is 2.97. The molecule has 19 heavy (non-hydrogen) atoms. The quantitative estimate of drug-likeness (QED) is 0.800. The highest BCUT2D eigenvalue weighted by Gasteiger charge is 2.23. The summed E-state index contributed by atoms with van der Waals surface area (Å²) in [7, 11) is 0. The van der Waals surface area contributed by atoms with Gasteiger partial charge in [0.05, 0.1) is 11.4 Å². The summed E-state index contributed by atoms with van der Waals surface area (Å²) in [5, 5.41) is 1.43. The lowest BCUT2D eigenvalue weighted by Gasteiger charge is -2.32. The normalized spacial score (nSPS) is 15.6. The minimum Gasteiger partial charge on any atom is -0.235 e. The molecule has 1 heterocycles. The second-order valence-electron chi connectivity index (χ2n) is 4.18. The molecule has 2 rings (SSSR count). The highest BCUT2D eigenvalue weighted by Crippen LogP contribution is 2.35. The fourth-order valence-corrected chi connectivity index (χ4v) is 2.11. The molecule has 3 heteroatoms. The number of hydroxylamine groups is 2. The third kappa shape index (κ3) is 2.51. The Morgan fingerprint density at radius 1 is 1.32 bits per heavy atom. The fourth-order valence-electron chi connectivity index (χ4n) is 2.11. The van der Waals surface area contributed by atoms with Gasteiger partial charge < -0.3 is 0 Å². The lowest BCUT2D eigenvalue weighted by molar-refractivity contribution is -0.119. The maximum absolute atomic E-state index is 12.6. The number of rotatable bonds is 4. The predicted octanol–water partition coefficient (Wildman–Crippen LogP) is 4.22. The van der Waals surface area contributed by atoms with Crippen LogP contribution >= 0.6 is 0 Å². The molecule has 0 saturated heterocycles. The molecule has 0 fully saturated rings. The molecule has 0 radical (unpaired) electrons. The first kappa shape index (κ1) is 13.3. The maximum Gasteiger partial charge on any atom is 0.215 e. The number of alkyl halides is 1. The summed E-state index contributed by atoms with van der Waals surface area (Å²) < 4.78 is 12.6. The van der Waals surface area contributed by atoms with E-state index in [1.807, 2.05) is 43.3 Å². The molecule has 0 bridgehead atoms. The van der Waals surface area contributed by atoms with E-state index < -0.39 is 6.86 Å². The number of hydrogen-bond donors (Lipinski definition) is 0. The molecule has 0 atom stereocenters. The highest BCUT2D eigenvalue weighted by atomic mass is 19.1. The Labute approximate surface area is 112 Å². The average molecular weight is 257 g/mol. The van der Waals surface area contributed by atoms with Crippen LogP contribution in [0.1, 0.15) is 12.5 Å². The smallest absolute Gasteiger partial charge is 0.215 e. The number of allylic oxidation sites excluding steroid dienone is 3. The molecule has 0 amide bonds. The molecule has 0 spiro atoms. The molecule has 0 aromatic heterocycles. The molecule has 0 saturated carbocycles. The van der Waals surface area contributed by atoms with Gasteiger partial charge in [-0.15, -0.1) is 0 Å². The van der Waals surface area contributed by atoms with E-state index in [0.29, 0.717) is 5.70 Å². The van der Waals surface area contributed by atoms with Crippen molar-refractivity contribution in [2.45, 2.75) is 6.92 Å². The zero-order chi connectivity index (χ0) is 13.8. The van der Waals surface area contributed by atoms with E-state index >= 15 is 0 Å². The van der Waals surface area contributed by atoms with Gasteiger partial charge in [0.1, 0.15) is 0 Å². The van der Waals surface area contributed by atoms with Crippen molar-refractivity contribution in [2.75, 3.05) is 6.86 Å². The van der Waals surface area contributed by atoms with E-state index in [2.05, 4.69) is 13.2 Å². The van der Waals surface area contributed by atoms with Crippen LogP contribution in [0.2, 0.25) is 0 Å². The molecule has 1 aromatic rings. The molecular formula is C16H16FNO. The van der Waals surface area contributed by atoms with Gasteiger partial charge in [-0.05, 0) is 24.1 Å². The predicted molar refractivity (Wildman–Crippen MR) is 75.4 cm³/mol. The van der Waals surface area contributed by atoms with E-state index in [1.54, 1.807) is 6.08 Å². The van der Waals surface area contributed by atoms with Crippen LogP contribution in [-0.2, 0) is 4.84 Å². The molecule has 0 N–H and O–H groups in total. The van der Waals surface area contributed by atoms with Crippen LogP contribution in [0.25, 0.3) is 5.70 Å². The van der Waals surface area contributed by atoms with Crippen molar-refractivity contribution >= 4 is 5.70 Å². The maximum atomic E-state index is 12.6. The van der Waals surface area contributed by atoms with Crippen molar-refractivity contribution in [2.24, 2.45) is 0 Å². The average Bonchev–Trinajstić information content (AvgIpc) is 2.44. The van der Waals surface area contributed by atoms with E-state index in [1.165, 1.54) is 5.06 Å². The lowest BCUT2D eigenvalue weighted by Crippen LogP contribution is -2.25.